The van der Waals surface area contributed by atoms with Crippen molar-refractivity contribution in [2.75, 3.05) is 4.90 Å². The van der Waals surface area contributed by atoms with Crippen molar-refractivity contribution in [2.45, 2.75) is 26.7 Å². The lowest BCUT2D eigenvalue weighted by atomic mass is 10.0. The van der Waals surface area contributed by atoms with Crippen LogP contribution in [0, 0.1) is 6.92 Å². The number of aromatic carboxylic acids is 1. The van der Waals surface area contributed by atoms with Crippen LogP contribution in [0.15, 0.2) is 47.4 Å². The number of benzene rings is 2. The summed E-state index contributed by atoms with van der Waals surface area (Å²) in [7, 11) is 0. The number of anilines is 1. The van der Waals surface area contributed by atoms with E-state index in [-0.39, 0.29) is 11.5 Å². The first-order valence-electron chi connectivity index (χ1n) is 8.48. The van der Waals surface area contributed by atoms with Gasteiger partial charge in [-0.1, -0.05) is 74.2 Å². The highest BCUT2D eigenvalue weighted by atomic mass is 32.2. The SMILES string of the molecule is Cc1ccc(C(=O)[O-])cc1N1C(=O)/C(=C/c2ccc(C(C)C)cc2)SC1=S. The summed E-state index contributed by atoms with van der Waals surface area (Å²) in [6.07, 6.45) is 1.81. The summed E-state index contributed by atoms with van der Waals surface area (Å²) in [6, 6.07) is 12.6. The van der Waals surface area contributed by atoms with E-state index in [0.29, 0.717) is 20.8 Å². The van der Waals surface area contributed by atoms with E-state index in [2.05, 4.69) is 13.8 Å². The van der Waals surface area contributed by atoms with E-state index >= 15 is 0 Å². The monoisotopic (exact) mass is 396 g/mol. The van der Waals surface area contributed by atoms with Crippen LogP contribution in [0.5, 0.6) is 0 Å². The Morgan fingerprint density at radius 1 is 1.19 bits per heavy atom. The average molecular weight is 397 g/mol. The molecule has 0 unspecified atom stereocenters. The van der Waals surface area contributed by atoms with Crippen LogP contribution >= 0.6 is 24.0 Å². The minimum absolute atomic E-state index is 0.0119. The zero-order valence-electron chi connectivity index (χ0n) is 15.2. The third-order valence-electron chi connectivity index (χ3n) is 4.38. The van der Waals surface area contributed by atoms with Crippen LogP contribution in [0.2, 0.25) is 0 Å². The zero-order chi connectivity index (χ0) is 19.7. The maximum atomic E-state index is 12.9. The molecule has 2 aromatic rings. The summed E-state index contributed by atoms with van der Waals surface area (Å²) in [4.78, 5) is 26.0. The topological polar surface area (TPSA) is 60.4 Å². The number of rotatable bonds is 4. The maximum Gasteiger partial charge on any atom is 0.270 e. The Hall–Kier alpha value is -2.44. The number of aryl methyl sites for hydroxylation is 1. The van der Waals surface area contributed by atoms with Crippen LogP contribution in [-0.2, 0) is 4.79 Å². The molecule has 0 bridgehead atoms. The fraction of sp³-hybridized carbons (Fsp3) is 0.190. The standard InChI is InChI=1S/C21H19NO3S2/c1-12(2)15-8-5-14(6-9-15)10-18-19(23)22(21(26)27-18)17-11-16(20(24)25)7-4-13(17)3/h4-12H,1-3H3,(H,24,25)/p-1/b18-10-. The average Bonchev–Trinajstić information content (AvgIpc) is 2.89. The van der Waals surface area contributed by atoms with Crippen molar-refractivity contribution in [1.82, 2.24) is 0 Å². The highest BCUT2D eigenvalue weighted by molar-refractivity contribution is 8.27. The Morgan fingerprint density at radius 3 is 2.44 bits per heavy atom. The molecule has 1 aliphatic rings. The van der Waals surface area contributed by atoms with Crippen molar-refractivity contribution in [2.24, 2.45) is 0 Å². The van der Waals surface area contributed by atoms with E-state index in [0.717, 1.165) is 11.1 Å². The largest absolute Gasteiger partial charge is 0.545 e. The molecule has 0 radical (unpaired) electrons. The Bertz CT molecular complexity index is 962. The van der Waals surface area contributed by atoms with Crippen LogP contribution in [0.1, 0.15) is 46.8 Å². The van der Waals surface area contributed by atoms with Gasteiger partial charge in [0.25, 0.3) is 5.91 Å². The van der Waals surface area contributed by atoms with Crippen LogP contribution < -0.4 is 10.0 Å². The van der Waals surface area contributed by atoms with Gasteiger partial charge in [-0.05, 0) is 47.2 Å². The van der Waals surface area contributed by atoms with Gasteiger partial charge in [-0.15, -0.1) is 0 Å². The first kappa shape index (κ1) is 19.3. The Labute approximate surface area is 167 Å². The van der Waals surface area contributed by atoms with Crippen LogP contribution in [-0.4, -0.2) is 16.2 Å². The van der Waals surface area contributed by atoms with Gasteiger partial charge in [-0.25, -0.2) is 0 Å². The third kappa shape index (κ3) is 3.96. The second-order valence-corrected chi connectivity index (χ2v) is 8.30. The molecule has 0 N–H and O–H groups in total. The minimum atomic E-state index is -1.29. The lowest BCUT2D eigenvalue weighted by Gasteiger charge is -2.18. The highest BCUT2D eigenvalue weighted by Crippen LogP contribution is 2.37. The molecule has 1 aliphatic heterocycles. The van der Waals surface area contributed by atoms with Crippen LogP contribution in [0.3, 0.4) is 0 Å². The summed E-state index contributed by atoms with van der Waals surface area (Å²) in [5, 5.41) is 11.2. The van der Waals surface area contributed by atoms with Gasteiger partial charge in [-0.2, -0.15) is 0 Å². The lowest BCUT2D eigenvalue weighted by molar-refractivity contribution is -0.255. The second kappa shape index (κ2) is 7.66. The first-order valence-corrected chi connectivity index (χ1v) is 9.70. The summed E-state index contributed by atoms with van der Waals surface area (Å²) in [6.45, 7) is 6.06. The number of carbonyl (C=O) groups excluding carboxylic acids is 2. The van der Waals surface area contributed by atoms with Gasteiger partial charge in [0.15, 0.2) is 4.32 Å². The summed E-state index contributed by atoms with van der Waals surface area (Å²) < 4.78 is 0.378. The molecule has 4 nitrogen and oxygen atoms in total. The van der Waals surface area contributed by atoms with Crippen molar-refractivity contribution in [3.8, 4) is 0 Å². The smallest absolute Gasteiger partial charge is 0.270 e. The molecule has 0 aromatic heterocycles. The van der Waals surface area contributed by atoms with Crippen LogP contribution in [0.4, 0.5) is 5.69 Å². The highest BCUT2D eigenvalue weighted by Gasteiger charge is 2.34. The quantitative estimate of drug-likeness (QED) is 0.580. The van der Waals surface area contributed by atoms with Crippen molar-refractivity contribution in [3.05, 3.63) is 69.6 Å². The van der Waals surface area contributed by atoms with Gasteiger partial charge in [-0.3, -0.25) is 9.69 Å². The number of carbonyl (C=O) groups is 2. The van der Waals surface area contributed by atoms with Gasteiger partial charge in [0.1, 0.15) is 0 Å². The number of carboxylic acids is 1. The van der Waals surface area contributed by atoms with E-state index in [1.807, 2.05) is 24.3 Å². The molecule has 1 amide bonds. The predicted molar refractivity (Wildman–Crippen MR) is 112 cm³/mol. The molecular weight excluding hydrogens is 378 g/mol. The molecule has 0 spiro atoms. The fourth-order valence-electron chi connectivity index (χ4n) is 2.78. The van der Waals surface area contributed by atoms with Gasteiger partial charge in [0.05, 0.1) is 16.6 Å². The molecule has 1 saturated heterocycles. The molecule has 138 valence electrons. The van der Waals surface area contributed by atoms with E-state index in [1.165, 1.54) is 34.4 Å². The summed E-state index contributed by atoms with van der Waals surface area (Å²) in [5.41, 5.74) is 3.39. The van der Waals surface area contributed by atoms with E-state index in [4.69, 9.17) is 12.2 Å². The molecule has 1 heterocycles. The van der Waals surface area contributed by atoms with Crippen molar-refractivity contribution in [3.63, 3.8) is 0 Å². The number of nitrogens with zero attached hydrogens (tertiary/aromatic N) is 1. The minimum Gasteiger partial charge on any atom is -0.545 e. The van der Waals surface area contributed by atoms with E-state index < -0.39 is 5.97 Å². The zero-order valence-corrected chi connectivity index (χ0v) is 16.8. The van der Waals surface area contributed by atoms with Gasteiger partial charge >= 0.3 is 0 Å². The fourth-order valence-corrected chi connectivity index (χ4v) is 4.07. The number of amides is 1. The molecular formula is C21H18NO3S2-. The van der Waals surface area contributed by atoms with Crippen molar-refractivity contribution < 1.29 is 14.7 Å². The van der Waals surface area contributed by atoms with Gasteiger partial charge < -0.3 is 9.90 Å². The normalized spacial score (nSPS) is 15.9. The number of thiocarbonyl (C=S) groups is 1. The molecule has 0 aliphatic carbocycles. The number of thioether (sulfide) groups is 1. The van der Waals surface area contributed by atoms with E-state index in [1.54, 1.807) is 19.1 Å². The molecule has 0 saturated carbocycles. The van der Waals surface area contributed by atoms with E-state index in [9.17, 15) is 14.7 Å². The lowest BCUT2D eigenvalue weighted by Crippen LogP contribution is -2.29. The molecule has 6 heteroatoms. The molecule has 1 fully saturated rings. The van der Waals surface area contributed by atoms with Crippen LogP contribution in [0.25, 0.3) is 6.08 Å². The predicted octanol–water partition coefficient (Wildman–Crippen LogP) is 3.89. The Kier molecular flexibility index (Phi) is 5.48. The molecule has 2 aromatic carbocycles. The molecule has 27 heavy (non-hydrogen) atoms. The molecule has 3 rings (SSSR count). The Balaban J connectivity index is 1.93. The third-order valence-corrected chi connectivity index (χ3v) is 5.68. The number of carboxylic acid groups (broad SMARTS) is 1. The van der Waals surface area contributed by atoms with Gasteiger partial charge in [0, 0.05) is 0 Å². The van der Waals surface area contributed by atoms with Gasteiger partial charge in [0.2, 0.25) is 0 Å². The maximum absolute atomic E-state index is 12.9. The summed E-state index contributed by atoms with van der Waals surface area (Å²) >= 11 is 6.59. The second-order valence-electron chi connectivity index (χ2n) is 6.63. The summed E-state index contributed by atoms with van der Waals surface area (Å²) in [5.74, 6) is -1.10. The molecule has 0 atom stereocenters. The Morgan fingerprint density at radius 2 is 1.85 bits per heavy atom. The van der Waals surface area contributed by atoms with Crippen molar-refractivity contribution >= 4 is 51.9 Å². The number of hydrogen-bond acceptors (Lipinski definition) is 5. The first-order chi connectivity index (χ1) is 12.8. The van der Waals surface area contributed by atoms with Crippen molar-refractivity contribution in [1.29, 1.82) is 0 Å². The number of hydrogen-bond donors (Lipinski definition) is 0.